The average molecular weight is 351 g/mol. The molecule has 0 aliphatic carbocycles. The van der Waals surface area contributed by atoms with Gasteiger partial charge in [0.05, 0.1) is 4.88 Å². The molecule has 0 aliphatic rings. The fourth-order valence-electron chi connectivity index (χ4n) is 2.40. The minimum Gasteiger partial charge on any atom is -0.399 e. The summed E-state index contributed by atoms with van der Waals surface area (Å²) in [5, 5.41) is 2.84. The lowest BCUT2D eigenvalue weighted by Gasteiger charge is -2.08. The molecule has 0 bridgehead atoms. The Morgan fingerprint density at radius 1 is 1.04 bits per heavy atom. The van der Waals surface area contributed by atoms with Gasteiger partial charge in [-0.15, -0.1) is 11.3 Å². The maximum Gasteiger partial charge on any atom is 0.265 e. The number of hydrogen-bond acceptors (Lipinski definition) is 4. The van der Waals surface area contributed by atoms with Crippen molar-refractivity contribution in [3.8, 4) is 10.4 Å². The van der Waals surface area contributed by atoms with Gasteiger partial charge < -0.3 is 16.8 Å². The molecule has 0 radical (unpaired) electrons. The van der Waals surface area contributed by atoms with Gasteiger partial charge in [-0.3, -0.25) is 9.59 Å². The summed E-state index contributed by atoms with van der Waals surface area (Å²) in [7, 11) is 0. The van der Waals surface area contributed by atoms with E-state index >= 15 is 0 Å². The number of amides is 2. The molecular weight excluding hydrogens is 334 g/mol. The minimum absolute atomic E-state index is 0.232. The van der Waals surface area contributed by atoms with E-state index in [1.54, 1.807) is 24.3 Å². The van der Waals surface area contributed by atoms with Gasteiger partial charge in [0.2, 0.25) is 5.91 Å². The van der Waals surface area contributed by atoms with Crippen molar-refractivity contribution in [1.82, 2.24) is 0 Å². The van der Waals surface area contributed by atoms with Crippen molar-refractivity contribution in [2.75, 3.05) is 11.1 Å². The first kappa shape index (κ1) is 16.7. The van der Waals surface area contributed by atoms with Crippen molar-refractivity contribution >= 4 is 34.5 Å². The van der Waals surface area contributed by atoms with Gasteiger partial charge in [0.15, 0.2) is 0 Å². The molecule has 5 nitrogen and oxygen atoms in total. The van der Waals surface area contributed by atoms with E-state index in [1.807, 2.05) is 37.3 Å². The van der Waals surface area contributed by atoms with Crippen LogP contribution in [0.15, 0.2) is 54.6 Å². The molecule has 1 heterocycles. The van der Waals surface area contributed by atoms with Gasteiger partial charge in [-0.05, 0) is 54.4 Å². The summed E-state index contributed by atoms with van der Waals surface area (Å²) in [4.78, 5) is 25.4. The quantitative estimate of drug-likeness (QED) is 0.626. The predicted octanol–water partition coefficient (Wildman–Crippen LogP) is 3.66. The Labute approximate surface area is 149 Å². The largest absolute Gasteiger partial charge is 0.399 e. The van der Waals surface area contributed by atoms with Crippen molar-refractivity contribution in [3.05, 3.63) is 70.6 Å². The number of nitrogens with one attached hydrogen (secondary N) is 1. The summed E-state index contributed by atoms with van der Waals surface area (Å²) in [6.07, 6.45) is 0. The topological polar surface area (TPSA) is 98.2 Å². The smallest absolute Gasteiger partial charge is 0.265 e. The average Bonchev–Trinajstić information content (AvgIpc) is 3.07. The molecule has 1 aromatic heterocycles. The van der Waals surface area contributed by atoms with E-state index in [4.69, 9.17) is 11.5 Å². The van der Waals surface area contributed by atoms with E-state index in [0.29, 0.717) is 21.8 Å². The molecule has 0 atom stereocenters. The van der Waals surface area contributed by atoms with Crippen molar-refractivity contribution in [3.63, 3.8) is 0 Å². The lowest BCUT2D eigenvalue weighted by Crippen LogP contribution is -2.14. The molecule has 2 aromatic carbocycles. The van der Waals surface area contributed by atoms with E-state index in [9.17, 15) is 9.59 Å². The Morgan fingerprint density at radius 2 is 1.84 bits per heavy atom. The Hall–Kier alpha value is -3.12. The zero-order chi connectivity index (χ0) is 18.0. The van der Waals surface area contributed by atoms with Crippen LogP contribution in [0.25, 0.3) is 10.4 Å². The van der Waals surface area contributed by atoms with Crippen LogP contribution >= 0.6 is 11.3 Å². The molecule has 3 rings (SSSR count). The summed E-state index contributed by atoms with van der Waals surface area (Å²) >= 11 is 1.38. The van der Waals surface area contributed by atoms with Gasteiger partial charge in [-0.25, -0.2) is 0 Å². The Kier molecular flexibility index (Phi) is 4.54. The van der Waals surface area contributed by atoms with Crippen LogP contribution in [-0.2, 0) is 0 Å². The van der Waals surface area contributed by atoms with E-state index in [1.165, 1.54) is 11.3 Å². The molecule has 2 amide bonds. The second-order valence-corrected chi connectivity index (χ2v) is 6.72. The molecule has 0 spiro atoms. The summed E-state index contributed by atoms with van der Waals surface area (Å²) in [5.74, 6) is -0.763. The molecule has 0 unspecified atom stereocenters. The van der Waals surface area contributed by atoms with Gasteiger partial charge in [-0.1, -0.05) is 18.2 Å². The molecule has 3 aromatic rings. The Balaban J connectivity index is 1.83. The molecule has 5 N–H and O–H groups in total. The first-order chi connectivity index (χ1) is 11.9. The predicted molar refractivity (Wildman–Crippen MR) is 102 cm³/mol. The van der Waals surface area contributed by atoms with Crippen molar-refractivity contribution in [1.29, 1.82) is 0 Å². The van der Waals surface area contributed by atoms with Crippen LogP contribution in [0, 0.1) is 6.92 Å². The van der Waals surface area contributed by atoms with E-state index in [-0.39, 0.29) is 5.91 Å². The zero-order valence-corrected chi connectivity index (χ0v) is 14.4. The number of primary amides is 1. The number of benzene rings is 2. The third-order valence-electron chi connectivity index (χ3n) is 3.77. The number of aryl methyl sites for hydroxylation is 1. The summed E-state index contributed by atoms with van der Waals surface area (Å²) in [5.41, 5.74) is 14.5. The second-order valence-electron chi connectivity index (χ2n) is 5.64. The van der Waals surface area contributed by atoms with E-state index < -0.39 is 5.91 Å². The van der Waals surface area contributed by atoms with E-state index in [2.05, 4.69) is 5.32 Å². The molecular formula is C19H17N3O2S. The first-order valence-corrected chi connectivity index (χ1v) is 8.43. The van der Waals surface area contributed by atoms with Crippen LogP contribution in [0.1, 0.15) is 25.6 Å². The monoisotopic (exact) mass is 351 g/mol. The molecule has 0 saturated heterocycles. The lowest BCUT2D eigenvalue weighted by atomic mass is 10.1. The number of thiophene rings is 1. The summed E-state index contributed by atoms with van der Waals surface area (Å²) in [6.45, 7) is 1.85. The number of rotatable bonds is 4. The fourth-order valence-corrected chi connectivity index (χ4v) is 3.30. The van der Waals surface area contributed by atoms with Gasteiger partial charge in [0.1, 0.15) is 0 Å². The SMILES string of the molecule is Cc1ccc(C(N)=O)cc1NC(=O)c1ccc(-c2cccc(N)c2)s1. The number of carbonyl (C=O) groups is 2. The van der Waals surface area contributed by atoms with Gasteiger partial charge in [0.25, 0.3) is 5.91 Å². The highest BCUT2D eigenvalue weighted by atomic mass is 32.1. The second kappa shape index (κ2) is 6.78. The van der Waals surface area contributed by atoms with Crippen LogP contribution < -0.4 is 16.8 Å². The van der Waals surface area contributed by atoms with Crippen molar-refractivity contribution < 1.29 is 9.59 Å². The normalized spacial score (nSPS) is 10.4. The standard InChI is InChI=1S/C19H17N3O2S/c1-11-5-6-13(18(21)23)10-15(11)22-19(24)17-8-7-16(25-17)12-3-2-4-14(20)9-12/h2-10H,20H2,1H3,(H2,21,23)(H,22,24). The van der Waals surface area contributed by atoms with Gasteiger partial charge in [0, 0.05) is 21.8 Å². The molecule has 25 heavy (non-hydrogen) atoms. The first-order valence-electron chi connectivity index (χ1n) is 7.61. The molecule has 0 fully saturated rings. The van der Waals surface area contributed by atoms with Crippen LogP contribution in [-0.4, -0.2) is 11.8 Å². The van der Waals surface area contributed by atoms with Crippen LogP contribution in [0.4, 0.5) is 11.4 Å². The highest BCUT2D eigenvalue weighted by Crippen LogP contribution is 2.30. The van der Waals surface area contributed by atoms with Crippen LogP contribution in [0.3, 0.4) is 0 Å². The Bertz CT molecular complexity index is 963. The third-order valence-corrected chi connectivity index (χ3v) is 4.90. The fraction of sp³-hybridized carbons (Fsp3) is 0.0526. The number of anilines is 2. The zero-order valence-electron chi connectivity index (χ0n) is 13.6. The number of nitrogens with two attached hydrogens (primary N) is 2. The molecule has 0 saturated carbocycles. The maximum absolute atomic E-state index is 12.5. The number of carbonyl (C=O) groups excluding carboxylic acids is 2. The molecule has 126 valence electrons. The highest BCUT2D eigenvalue weighted by molar-refractivity contribution is 7.17. The third kappa shape index (κ3) is 3.70. The highest BCUT2D eigenvalue weighted by Gasteiger charge is 2.13. The van der Waals surface area contributed by atoms with Crippen molar-refractivity contribution in [2.45, 2.75) is 6.92 Å². The maximum atomic E-state index is 12.5. The number of nitrogen functional groups attached to an aromatic ring is 1. The molecule has 6 heteroatoms. The van der Waals surface area contributed by atoms with Gasteiger partial charge >= 0.3 is 0 Å². The van der Waals surface area contributed by atoms with Crippen molar-refractivity contribution in [2.24, 2.45) is 5.73 Å². The molecule has 0 aliphatic heterocycles. The number of hydrogen-bond donors (Lipinski definition) is 3. The lowest BCUT2D eigenvalue weighted by molar-refractivity contribution is 0.0996. The summed E-state index contributed by atoms with van der Waals surface area (Å²) < 4.78 is 0. The van der Waals surface area contributed by atoms with E-state index in [0.717, 1.165) is 16.0 Å². The minimum atomic E-state index is -0.532. The van der Waals surface area contributed by atoms with Crippen LogP contribution in [0.2, 0.25) is 0 Å². The summed E-state index contributed by atoms with van der Waals surface area (Å²) in [6, 6.07) is 16.1. The Morgan fingerprint density at radius 3 is 2.56 bits per heavy atom. The van der Waals surface area contributed by atoms with Crippen LogP contribution in [0.5, 0.6) is 0 Å². The van der Waals surface area contributed by atoms with Gasteiger partial charge in [-0.2, -0.15) is 0 Å².